The van der Waals surface area contributed by atoms with Crippen molar-refractivity contribution < 1.29 is 5.11 Å². The third-order valence-corrected chi connectivity index (χ3v) is 5.42. The van der Waals surface area contributed by atoms with Crippen LogP contribution in [0.3, 0.4) is 0 Å². The van der Waals surface area contributed by atoms with Gasteiger partial charge in [-0.05, 0) is 58.2 Å². The molecule has 0 aliphatic heterocycles. The standard InChI is InChI=1S/C29H37N3O/c1-6-12-24(19-20-30)17-16-23(5)26(18-15-22(4)7-2)28(8-3)32-29(33)21-27(31-32)25-13-10-9-11-14-25/h6,8-18,21,33H,7,19-20,30H2,1-5H3/b12-6+,22-15+,23-16+,24-17+,26-18-,28-8+. The lowest BCUT2D eigenvalue weighted by atomic mass is 10.0. The van der Waals surface area contributed by atoms with Crippen LogP contribution in [0.1, 0.15) is 47.5 Å². The van der Waals surface area contributed by atoms with E-state index in [2.05, 4.69) is 51.2 Å². The third-order valence-electron chi connectivity index (χ3n) is 5.42. The summed E-state index contributed by atoms with van der Waals surface area (Å²) in [6.07, 6.45) is 16.3. The van der Waals surface area contributed by atoms with Gasteiger partial charge in [-0.25, -0.2) is 4.68 Å². The number of allylic oxidation sites excluding steroid dienone is 11. The first-order chi connectivity index (χ1) is 15.9. The maximum Gasteiger partial charge on any atom is 0.214 e. The van der Waals surface area contributed by atoms with Gasteiger partial charge in [-0.3, -0.25) is 0 Å². The topological polar surface area (TPSA) is 64.1 Å². The van der Waals surface area contributed by atoms with E-state index in [-0.39, 0.29) is 5.88 Å². The van der Waals surface area contributed by atoms with Crippen molar-refractivity contribution in [3.8, 4) is 17.1 Å². The van der Waals surface area contributed by atoms with Gasteiger partial charge in [0, 0.05) is 17.2 Å². The molecule has 0 unspecified atom stereocenters. The van der Waals surface area contributed by atoms with Gasteiger partial charge in [0.2, 0.25) is 5.88 Å². The molecule has 1 aromatic carbocycles. The van der Waals surface area contributed by atoms with Crippen LogP contribution >= 0.6 is 0 Å². The number of nitrogens with two attached hydrogens (primary N) is 1. The normalized spacial score (nSPS) is 14.4. The summed E-state index contributed by atoms with van der Waals surface area (Å²) in [5.41, 5.74) is 12.8. The van der Waals surface area contributed by atoms with Crippen molar-refractivity contribution in [3.05, 3.63) is 101 Å². The Morgan fingerprint density at radius 3 is 2.39 bits per heavy atom. The molecule has 0 amide bonds. The largest absolute Gasteiger partial charge is 0.493 e. The van der Waals surface area contributed by atoms with Crippen molar-refractivity contribution in [1.82, 2.24) is 9.78 Å². The highest BCUT2D eigenvalue weighted by Crippen LogP contribution is 2.31. The molecule has 0 aliphatic rings. The van der Waals surface area contributed by atoms with Crippen LogP contribution in [0, 0.1) is 0 Å². The fourth-order valence-corrected chi connectivity index (χ4v) is 3.38. The fourth-order valence-electron chi connectivity index (χ4n) is 3.38. The SMILES string of the molecule is C\C=C\C(=C/C=C(C)/C(=C/C=C(\C)CC)C(=C\C)/n1nc(-c2ccccc2)cc1O)CCN. The zero-order valence-corrected chi connectivity index (χ0v) is 20.5. The second-order valence-electron chi connectivity index (χ2n) is 7.92. The smallest absolute Gasteiger partial charge is 0.214 e. The highest BCUT2D eigenvalue weighted by molar-refractivity contribution is 5.74. The van der Waals surface area contributed by atoms with E-state index in [1.165, 1.54) is 11.1 Å². The first kappa shape index (κ1) is 25.9. The van der Waals surface area contributed by atoms with E-state index in [9.17, 15) is 5.11 Å². The lowest BCUT2D eigenvalue weighted by Gasteiger charge is -2.14. The van der Waals surface area contributed by atoms with Crippen molar-refractivity contribution in [2.24, 2.45) is 5.73 Å². The van der Waals surface area contributed by atoms with E-state index in [0.717, 1.165) is 40.9 Å². The Hall–Kier alpha value is -3.37. The third kappa shape index (κ3) is 7.33. The molecule has 1 heterocycles. The van der Waals surface area contributed by atoms with Gasteiger partial charge in [0.15, 0.2) is 0 Å². The summed E-state index contributed by atoms with van der Waals surface area (Å²) < 4.78 is 1.61. The summed E-state index contributed by atoms with van der Waals surface area (Å²) in [6.45, 7) is 10.9. The van der Waals surface area contributed by atoms with E-state index < -0.39 is 0 Å². The molecule has 0 saturated heterocycles. The Balaban J connectivity index is 2.58. The van der Waals surface area contributed by atoms with Crippen LogP contribution in [-0.2, 0) is 0 Å². The molecule has 0 radical (unpaired) electrons. The van der Waals surface area contributed by atoms with Crippen LogP contribution in [0.4, 0.5) is 0 Å². The Bertz CT molecular complexity index is 1090. The van der Waals surface area contributed by atoms with Gasteiger partial charge >= 0.3 is 0 Å². The molecular formula is C29H37N3O. The average Bonchev–Trinajstić information content (AvgIpc) is 3.21. The molecule has 0 fully saturated rings. The number of benzene rings is 1. The van der Waals surface area contributed by atoms with Gasteiger partial charge in [0.1, 0.15) is 0 Å². The summed E-state index contributed by atoms with van der Waals surface area (Å²) in [6, 6.07) is 11.6. The highest BCUT2D eigenvalue weighted by atomic mass is 16.3. The molecule has 2 rings (SSSR count). The summed E-state index contributed by atoms with van der Waals surface area (Å²) in [5.74, 6) is 0.102. The van der Waals surface area contributed by atoms with Gasteiger partial charge in [-0.2, -0.15) is 5.10 Å². The van der Waals surface area contributed by atoms with E-state index in [1.54, 1.807) is 10.7 Å². The number of hydrogen-bond acceptors (Lipinski definition) is 3. The minimum absolute atomic E-state index is 0.102. The molecule has 2 aromatic rings. The predicted octanol–water partition coefficient (Wildman–Crippen LogP) is 7.20. The van der Waals surface area contributed by atoms with Crippen LogP contribution in [0.2, 0.25) is 0 Å². The van der Waals surface area contributed by atoms with Crippen molar-refractivity contribution in [3.63, 3.8) is 0 Å². The molecule has 4 heteroatoms. The molecule has 0 aliphatic carbocycles. The van der Waals surface area contributed by atoms with Crippen LogP contribution < -0.4 is 5.73 Å². The summed E-state index contributed by atoms with van der Waals surface area (Å²) in [7, 11) is 0. The molecule has 174 valence electrons. The molecule has 1 aromatic heterocycles. The van der Waals surface area contributed by atoms with Crippen molar-refractivity contribution in [2.45, 2.75) is 47.5 Å². The lowest BCUT2D eigenvalue weighted by Crippen LogP contribution is -2.03. The Morgan fingerprint density at radius 2 is 1.79 bits per heavy atom. The van der Waals surface area contributed by atoms with E-state index in [0.29, 0.717) is 6.54 Å². The number of nitrogens with zero attached hydrogens (tertiary/aromatic N) is 2. The first-order valence-corrected chi connectivity index (χ1v) is 11.5. The Kier molecular flexibility index (Phi) is 10.4. The highest BCUT2D eigenvalue weighted by Gasteiger charge is 2.16. The number of aromatic hydroxyl groups is 1. The number of aromatic nitrogens is 2. The van der Waals surface area contributed by atoms with E-state index in [1.807, 2.05) is 56.3 Å². The van der Waals surface area contributed by atoms with Gasteiger partial charge < -0.3 is 10.8 Å². The predicted molar refractivity (Wildman–Crippen MR) is 142 cm³/mol. The summed E-state index contributed by atoms with van der Waals surface area (Å²) in [5, 5.41) is 15.5. The van der Waals surface area contributed by atoms with Gasteiger partial charge in [-0.1, -0.05) is 85.4 Å². The molecule has 0 bridgehead atoms. The molecule has 0 atom stereocenters. The second-order valence-corrected chi connectivity index (χ2v) is 7.92. The molecule has 33 heavy (non-hydrogen) atoms. The van der Waals surface area contributed by atoms with Crippen molar-refractivity contribution in [2.75, 3.05) is 6.54 Å². The maximum absolute atomic E-state index is 10.8. The first-order valence-electron chi connectivity index (χ1n) is 11.5. The molecule has 4 nitrogen and oxygen atoms in total. The van der Waals surface area contributed by atoms with Crippen molar-refractivity contribution in [1.29, 1.82) is 0 Å². The van der Waals surface area contributed by atoms with E-state index >= 15 is 0 Å². The molecule has 0 spiro atoms. The summed E-state index contributed by atoms with van der Waals surface area (Å²) >= 11 is 0. The van der Waals surface area contributed by atoms with Crippen LogP contribution in [0.5, 0.6) is 5.88 Å². The van der Waals surface area contributed by atoms with Crippen LogP contribution in [-0.4, -0.2) is 21.4 Å². The molecule has 0 saturated carbocycles. The minimum Gasteiger partial charge on any atom is -0.493 e. The quantitative estimate of drug-likeness (QED) is 0.382. The Morgan fingerprint density at radius 1 is 1.06 bits per heavy atom. The zero-order valence-electron chi connectivity index (χ0n) is 20.5. The maximum atomic E-state index is 10.8. The summed E-state index contributed by atoms with van der Waals surface area (Å²) in [4.78, 5) is 0. The minimum atomic E-state index is 0.102. The van der Waals surface area contributed by atoms with Crippen LogP contribution in [0.25, 0.3) is 17.0 Å². The van der Waals surface area contributed by atoms with E-state index in [4.69, 9.17) is 10.8 Å². The van der Waals surface area contributed by atoms with Gasteiger partial charge in [0.05, 0.1) is 11.4 Å². The van der Waals surface area contributed by atoms with Gasteiger partial charge in [-0.15, -0.1) is 0 Å². The van der Waals surface area contributed by atoms with Gasteiger partial charge in [0.25, 0.3) is 0 Å². The molecular weight excluding hydrogens is 406 g/mol. The number of hydrogen-bond donors (Lipinski definition) is 2. The van der Waals surface area contributed by atoms with Crippen molar-refractivity contribution >= 4 is 5.70 Å². The molecule has 3 N–H and O–H groups in total. The second kappa shape index (κ2) is 13.2. The average molecular weight is 444 g/mol. The lowest BCUT2D eigenvalue weighted by molar-refractivity contribution is 0.436. The number of rotatable bonds is 10. The fraction of sp³-hybridized carbons (Fsp3) is 0.276. The monoisotopic (exact) mass is 443 g/mol. The zero-order chi connectivity index (χ0) is 24.2. The van der Waals surface area contributed by atoms with Crippen LogP contribution in [0.15, 0.2) is 101 Å². The Labute approximate surface area is 198 Å².